The monoisotopic (exact) mass is 565 g/mol. The quantitative estimate of drug-likeness (QED) is 0.0739. The van der Waals surface area contributed by atoms with Crippen molar-refractivity contribution in [3.8, 4) is 0 Å². The van der Waals surface area contributed by atoms with E-state index in [4.69, 9.17) is 16.3 Å². The van der Waals surface area contributed by atoms with Gasteiger partial charge in [-0.05, 0) is 36.2 Å². The van der Waals surface area contributed by atoms with E-state index in [-0.39, 0.29) is 34.7 Å². The predicted molar refractivity (Wildman–Crippen MR) is 135 cm³/mol. The Bertz CT molecular complexity index is 1300. The van der Waals surface area contributed by atoms with E-state index in [9.17, 15) is 19.5 Å². The van der Waals surface area contributed by atoms with Gasteiger partial charge < -0.3 is 31.5 Å². The Labute approximate surface area is 223 Å². The van der Waals surface area contributed by atoms with E-state index in [1.165, 1.54) is 23.5 Å². The lowest BCUT2D eigenvalue weighted by Gasteiger charge is -2.50. The minimum absolute atomic E-state index is 0.0394. The number of amides is 2. The highest BCUT2D eigenvalue weighted by Crippen LogP contribution is 2.41. The van der Waals surface area contributed by atoms with Crippen molar-refractivity contribution in [2.75, 3.05) is 29.6 Å². The summed E-state index contributed by atoms with van der Waals surface area (Å²) in [5.41, 5.74) is 11.5. The normalized spacial score (nSPS) is 19.4. The number of thioether (sulfide) groups is 2. The third-order valence-electron chi connectivity index (χ3n) is 5.29. The Morgan fingerprint density at radius 3 is 2.81 bits per heavy atom. The van der Waals surface area contributed by atoms with Crippen molar-refractivity contribution in [2.45, 2.75) is 37.0 Å². The summed E-state index contributed by atoms with van der Waals surface area (Å²) in [5.74, 6) is -1.91. The lowest BCUT2D eigenvalue weighted by Crippen LogP contribution is -2.71. The van der Waals surface area contributed by atoms with Gasteiger partial charge in [0.2, 0.25) is 17.4 Å². The molecule has 17 heteroatoms. The zero-order valence-electron chi connectivity index (χ0n) is 19.7. The predicted octanol–water partition coefficient (Wildman–Crippen LogP) is -1.66. The van der Waals surface area contributed by atoms with E-state index in [1.54, 1.807) is 19.2 Å². The first-order valence-corrected chi connectivity index (χ1v) is 13.8. The number of β-lactam (4-membered cyclic amide) rings is 1. The van der Waals surface area contributed by atoms with E-state index in [0.29, 0.717) is 28.8 Å². The molecule has 37 heavy (non-hydrogen) atoms. The van der Waals surface area contributed by atoms with Gasteiger partial charge in [0.1, 0.15) is 18.0 Å². The Hall–Kier alpha value is -3.44. The number of fused-ring (bicyclic) bond motifs is 1. The van der Waals surface area contributed by atoms with Gasteiger partial charge in [0.25, 0.3) is 11.8 Å². The van der Waals surface area contributed by atoms with Gasteiger partial charge in [-0.25, -0.2) is 4.57 Å². The number of nitrogens with two attached hydrogens (primary N) is 2. The summed E-state index contributed by atoms with van der Waals surface area (Å²) in [6.45, 7) is 4.48. The molecule has 1 saturated heterocycles. The molecule has 2 aliphatic heterocycles. The number of carbonyl (C=O) groups is 3. The highest BCUT2D eigenvalue weighted by atomic mass is 32.2. The van der Waals surface area contributed by atoms with E-state index in [1.807, 2.05) is 11.5 Å². The van der Waals surface area contributed by atoms with Crippen LogP contribution in [-0.2, 0) is 25.8 Å². The number of aliphatic carboxylic acids is 1. The number of hydrogen-bond donors (Lipinski definition) is 3. The van der Waals surface area contributed by atoms with Crippen LogP contribution in [0.2, 0.25) is 0 Å². The van der Waals surface area contributed by atoms with Gasteiger partial charge in [-0.1, -0.05) is 5.16 Å². The van der Waals surface area contributed by atoms with Gasteiger partial charge in [-0.15, -0.1) is 11.8 Å². The smallest absolute Gasteiger partial charge is 0.361 e. The van der Waals surface area contributed by atoms with Gasteiger partial charge in [0.15, 0.2) is 5.13 Å². The van der Waals surface area contributed by atoms with Crippen molar-refractivity contribution < 1.29 is 28.9 Å². The largest absolute Gasteiger partial charge is 0.543 e. The van der Waals surface area contributed by atoms with Gasteiger partial charge in [0, 0.05) is 29.1 Å². The van der Waals surface area contributed by atoms with Crippen LogP contribution in [0.1, 0.15) is 19.7 Å². The van der Waals surface area contributed by atoms with Crippen LogP contribution in [0.25, 0.3) is 0 Å². The number of carboxylic acids is 1. The molecule has 0 saturated carbocycles. The van der Waals surface area contributed by atoms with Crippen LogP contribution < -0.4 is 26.5 Å². The van der Waals surface area contributed by atoms with E-state index in [2.05, 4.69) is 24.8 Å². The molecule has 0 aromatic carbocycles. The van der Waals surface area contributed by atoms with Crippen LogP contribution in [-0.4, -0.2) is 72.3 Å². The number of aromatic nitrogens is 4. The molecule has 2 amide bonds. The fraction of sp³-hybridized carbons (Fsp3) is 0.400. The van der Waals surface area contributed by atoms with Crippen molar-refractivity contribution in [1.29, 1.82) is 0 Å². The van der Waals surface area contributed by atoms with Crippen molar-refractivity contribution in [3.63, 3.8) is 0 Å². The zero-order valence-corrected chi connectivity index (χ0v) is 22.2. The summed E-state index contributed by atoms with van der Waals surface area (Å²) in [6.07, 6.45) is 1.80. The molecular weight excluding hydrogens is 542 g/mol. The summed E-state index contributed by atoms with van der Waals surface area (Å²) >= 11 is 3.52. The summed E-state index contributed by atoms with van der Waals surface area (Å²) in [6, 6.07) is 0.694. The van der Waals surface area contributed by atoms with Gasteiger partial charge in [-0.2, -0.15) is 9.36 Å². The van der Waals surface area contributed by atoms with E-state index >= 15 is 0 Å². The minimum Gasteiger partial charge on any atom is -0.543 e. The summed E-state index contributed by atoms with van der Waals surface area (Å²) in [7, 11) is 0. The summed E-state index contributed by atoms with van der Waals surface area (Å²) < 4.78 is 5.85. The number of nitrogens with zero attached hydrogens (tertiary/aromatic N) is 6. The van der Waals surface area contributed by atoms with E-state index in [0.717, 1.165) is 16.4 Å². The zero-order chi connectivity index (χ0) is 26.7. The number of aryl methyl sites for hydroxylation is 1. The molecule has 2 aromatic heterocycles. The van der Waals surface area contributed by atoms with Gasteiger partial charge in [0.05, 0.1) is 24.4 Å². The fourth-order valence-electron chi connectivity index (χ4n) is 3.59. The maximum absolute atomic E-state index is 13.0. The number of oxime groups is 1. The first kappa shape index (κ1) is 26.6. The Morgan fingerprint density at radius 2 is 2.16 bits per heavy atom. The molecule has 0 aliphatic carbocycles. The molecule has 2 atom stereocenters. The van der Waals surface area contributed by atoms with Crippen LogP contribution >= 0.6 is 35.1 Å². The van der Waals surface area contributed by atoms with Crippen molar-refractivity contribution >= 4 is 69.5 Å². The Morgan fingerprint density at radius 1 is 1.38 bits per heavy atom. The molecule has 5 N–H and O–H groups in total. The van der Waals surface area contributed by atoms with Crippen LogP contribution in [0.3, 0.4) is 0 Å². The number of nitrogens with one attached hydrogen (secondary N) is 1. The molecule has 4 rings (SSSR count). The maximum atomic E-state index is 13.0. The van der Waals surface area contributed by atoms with Crippen LogP contribution in [0.5, 0.6) is 0 Å². The van der Waals surface area contributed by atoms with Crippen LogP contribution in [0.4, 0.5) is 10.9 Å². The highest BCUT2D eigenvalue weighted by Gasteiger charge is 2.53. The minimum atomic E-state index is -1.47. The molecule has 196 valence electrons. The second-order valence-corrected chi connectivity index (χ2v) is 10.5. The fourth-order valence-corrected chi connectivity index (χ4v) is 6.56. The van der Waals surface area contributed by atoms with Crippen molar-refractivity contribution in [2.24, 2.45) is 5.16 Å². The van der Waals surface area contributed by atoms with Gasteiger partial charge in [-0.3, -0.25) is 14.5 Å². The standard InChI is InChI=1S/C20H23N9O5S3/c1-3-28-6-5-10(21)23-20(28)36-8-9-7-35-17-12(16(31)29(17)13(9)18(32)33)24-15(30)11(26-34-4-2)14-25-19(22)37-27-14/h5-6,12,17,21H,3-4,7-8H2,1-2H3,(H4,22,24,25,27,30,32,33)/b26-11-/t12?,17-/m1/s1. The lowest BCUT2D eigenvalue weighted by atomic mass is 10.0. The average Bonchev–Trinajstić information content (AvgIpc) is 3.31. The highest BCUT2D eigenvalue weighted by molar-refractivity contribution is 8.01. The molecule has 14 nitrogen and oxygen atoms in total. The second-order valence-electron chi connectivity index (χ2n) is 7.62. The lowest BCUT2D eigenvalue weighted by molar-refractivity contribution is -0.733. The molecular formula is C20H23N9O5S3. The number of rotatable bonds is 10. The molecule has 0 spiro atoms. The third-order valence-corrected chi connectivity index (χ3v) is 8.25. The van der Waals surface area contributed by atoms with Crippen LogP contribution in [0, 0.1) is 0 Å². The molecule has 1 unspecified atom stereocenters. The molecule has 2 aromatic rings. The summed E-state index contributed by atoms with van der Waals surface area (Å²) in [5, 5.41) is 18.5. The molecule has 2 aliphatic rings. The number of carboxylic acid groups (broad SMARTS) is 1. The first-order valence-electron chi connectivity index (χ1n) is 11.0. The molecule has 0 bridgehead atoms. The van der Waals surface area contributed by atoms with Crippen molar-refractivity contribution in [1.82, 2.24) is 24.6 Å². The number of hydrogen-bond acceptors (Lipinski definition) is 14. The Kier molecular flexibility index (Phi) is 8.13. The first-order chi connectivity index (χ1) is 17.7. The Balaban J connectivity index is 1.50. The average molecular weight is 566 g/mol. The van der Waals surface area contributed by atoms with Gasteiger partial charge >= 0.3 is 5.16 Å². The number of nitrogen functional groups attached to an aromatic ring is 2. The number of anilines is 2. The SMILES string of the molecule is CCO/N=C(\C(=O)NC1C(=O)N2C(C(=O)[O-])=C(CSc3nc(N)cc[n+]3CC)CS[C@H]12)c1nsc(N)n1. The maximum Gasteiger partial charge on any atom is 0.361 e. The van der Waals surface area contributed by atoms with Crippen molar-refractivity contribution in [3.05, 3.63) is 29.4 Å². The molecule has 0 radical (unpaired) electrons. The summed E-state index contributed by atoms with van der Waals surface area (Å²) in [4.78, 5) is 52.4. The second kappa shape index (κ2) is 11.3. The molecule has 1 fully saturated rings. The number of carbonyl (C=O) groups excluding carboxylic acids is 3. The van der Waals surface area contributed by atoms with Crippen LogP contribution in [0.15, 0.2) is 33.8 Å². The molecule has 4 heterocycles. The van der Waals surface area contributed by atoms with E-state index < -0.39 is 29.2 Å². The third kappa shape index (κ3) is 5.47. The topological polar surface area (TPSA) is 206 Å².